The molecule has 3 aromatic carbocycles. The average molecular weight is 458 g/mol. The predicted molar refractivity (Wildman–Crippen MR) is 132 cm³/mol. The Morgan fingerprint density at radius 3 is 2.44 bits per heavy atom. The van der Waals surface area contributed by atoms with Gasteiger partial charge in [-0.25, -0.2) is 9.59 Å². The number of carbonyl (C=O) groups is 2. The highest BCUT2D eigenvalue weighted by Crippen LogP contribution is 2.24. The molecule has 0 radical (unpaired) electrons. The fraction of sp³-hybridized carbons (Fsp3) is 0.185. The monoisotopic (exact) mass is 457 g/mol. The Hall–Kier alpha value is -4.26. The van der Waals surface area contributed by atoms with E-state index in [1.165, 1.54) is 7.11 Å². The summed E-state index contributed by atoms with van der Waals surface area (Å²) in [6, 6.07) is 22.3. The second-order valence-corrected chi connectivity index (χ2v) is 7.85. The quantitative estimate of drug-likeness (QED) is 0.355. The summed E-state index contributed by atoms with van der Waals surface area (Å²) in [5.41, 5.74) is 4.19. The largest absolute Gasteiger partial charge is 0.495 e. The van der Waals surface area contributed by atoms with Crippen LogP contribution in [0.4, 0.5) is 10.5 Å². The minimum absolute atomic E-state index is 0.235. The van der Waals surface area contributed by atoms with Crippen LogP contribution in [0.2, 0.25) is 0 Å². The van der Waals surface area contributed by atoms with Crippen molar-refractivity contribution in [3.63, 3.8) is 0 Å². The molecule has 1 heterocycles. The zero-order valence-electron chi connectivity index (χ0n) is 19.2. The first-order valence-corrected chi connectivity index (χ1v) is 11.0. The van der Waals surface area contributed by atoms with E-state index < -0.39 is 5.97 Å². The number of amides is 2. The summed E-state index contributed by atoms with van der Waals surface area (Å²) in [6.45, 7) is 0.881. The highest BCUT2D eigenvalue weighted by molar-refractivity contribution is 5.91. The van der Waals surface area contributed by atoms with Gasteiger partial charge in [-0.1, -0.05) is 42.5 Å². The topological polar surface area (TPSA) is 83.7 Å². The van der Waals surface area contributed by atoms with E-state index in [0.29, 0.717) is 36.5 Å². The number of carbonyl (C=O) groups excluding carboxylic acids is 2. The Morgan fingerprint density at radius 1 is 0.941 bits per heavy atom. The lowest BCUT2D eigenvalue weighted by Crippen LogP contribution is -2.36. The van der Waals surface area contributed by atoms with E-state index >= 15 is 0 Å². The molecule has 4 rings (SSSR count). The SMILES string of the molecule is COC(=O)c1ccc(CN(CCc2c[nH]c3ccccc23)C(=O)Nc2ccccc2OC)cc1. The zero-order valence-corrected chi connectivity index (χ0v) is 19.2. The van der Waals surface area contributed by atoms with E-state index in [-0.39, 0.29) is 6.03 Å². The molecule has 34 heavy (non-hydrogen) atoms. The summed E-state index contributed by atoms with van der Waals surface area (Å²) in [7, 11) is 2.92. The minimum atomic E-state index is -0.392. The number of para-hydroxylation sites is 3. The number of aromatic amines is 1. The standard InChI is InChI=1S/C27H27N3O4/c1-33-25-10-6-5-9-24(25)29-27(32)30(18-19-11-13-20(14-12-19)26(31)34-2)16-15-21-17-28-23-8-4-3-7-22(21)23/h3-14,17,28H,15-16,18H2,1-2H3,(H,29,32). The highest BCUT2D eigenvalue weighted by atomic mass is 16.5. The van der Waals surface area contributed by atoms with Crippen LogP contribution >= 0.6 is 0 Å². The van der Waals surface area contributed by atoms with Gasteiger partial charge >= 0.3 is 12.0 Å². The van der Waals surface area contributed by atoms with E-state index in [1.54, 1.807) is 36.3 Å². The first kappa shape index (κ1) is 22.9. The van der Waals surface area contributed by atoms with Gasteiger partial charge in [0.1, 0.15) is 5.75 Å². The van der Waals surface area contributed by atoms with Crippen LogP contribution in [-0.4, -0.2) is 42.6 Å². The molecule has 7 nitrogen and oxygen atoms in total. The van der Waals surface area contributed by atoms with Gasteiger partial charge in [0.25, 0.3) is 0 Å². The highest BCUT2D eigenvalue weighted by Gasteiger charge is 2.17. The van der Waals surface area contributed by atoms with Gasteiger partial charge in [-0.05, 0) is 47.9 Å². The van der Waals surface area contributed by atoms with Crippen molar-refractivity contribution in [2.24, 2.45) is 0 Å². The number of nitrogens with one attached hydrogen (secondary N) is 2. The number of anilines is 1. The lowest BCUT2D eigenvalue weighted by molar-refractivity contribution is 0.0600. The van der Waals surface area contributed by atoms with Gasteiger partial charge < -0.3 is 24.7 Å². The van der Waals surface area contributed by atoms with Crippen LogP contribution < -0.4 is 10.1 Å². The molecule has 4 aromatic rings. The number of fused-ring (bicyclic) bond motifs is 1. The molecule has 0 aliphatic heterocycles. The van der Waals surface area contributed by atoms with Gasteiger partial charge in [-0.2, -0.15) is 0 Å². The van der Waals surface area contributed by atoms with Gasteiger partial charge in [0.05, 0.1) is 25.5 Å². The second kappa shape index (κ2) is 10.6. The third-order valence-corrected chi connectivity index (χ3v) is 5.71. The lowest BCUT2D eigenvalue weighted by atomic mass is 10.1. The van der Waals surface area contributed by atoms with Gasteiger partial charge in [0.2, 0.25) is 0 Å². The summed E-state index contributed by atoms with van der Waals surface area (Å²) < 4.78 is 10.1. The average Bonchev–Trinajstić information content (AvgIpc) is 3.29. The zero-order chi connectivity index (χ0) is 23.9. The van der Waals surface area contributed by atoms with Crippen molar-refractivity contribution in [3.8, 4) is 5.75 Å². The van der Waals surface area contributed by atoms with Crippen molar-refractivity contribution in [3.05, 3.63) is 95.7 Å². The van der Waals surface area contributed by atoms with Crippen molar-refractivity contribution >= 4 is 28.6 Å². The van der Waals surface area contributed by atoms with Gasteiger partial charge in [0.15, 0.2) is 0 Å². The molecule has 0 aliphatic carbocycles. The van der Waals surface area contributed by atoms with E-state index in [0.717, 1.165) is 22.0 Å². The Bertz CT molecular complexity index is 1280. The van der Waals surface area contributed by atoms with Crippen LogP contribution in [0.15, 0.2) is 79.0 Å². The van der Waals surface area contributed by atoms with Crippen LogP contribution in [0, 0.1) is 0 Å². The molecular formula is C27H27N3O4. The Morgan fingerprint density at radius 2 is 1.68 bits per heavy atom. The Labute approximate surface area is 198 Å². The summed E-state index contributed by atoms with van der Waals surface area (Å²) in [5, 5.41) is 4.12. The van der Waals surface area contributed by atoms with E-state index in [9.17, 15) is 9.59 Å². The Balaban J connectivity index is 1.54. The molecule has 0 atom stereocenters. The minimum Gasteiger partial charge on any atom is -0.495 e. The number of aromatic nitrogens is 1. The number of nitrogens with zero attached hydrogens (tertiary/aromatic N) is 1. The van der Waals surface area contributed by atoms with Crippen molar-refractivity contribution in [2.45, 2.75) is 13.0 Å². The number of urea groups is 1. The smallest absolute Gasteiger partial charge is 0.337 e. The van der Waals surface area contributed by atoms with Gasteiger partial charge in [-0.3, -0.25) is 0 Å². The van der Waals surface area contributed by atoms with Crippen LogP contribution in [0.1, 0.15) is 21.5 Å². The molecule has 0 saturated carbocycles. The van der Waals surface area contributed by atoms with Gasteiger partial charge in [0, 0.05) is 30.2 Å². The third kappa shape index (κ3) is 5.20. The number of ether oxygens (including phenoxy) is 2. The first-order chi connectivity index (χ1) is 16.6. The maximum atomic E-state index is 13.3. The first-order valence-electron chi connectivity index (χ1n) is 11.0. The molecule has 7 heteroatoms. The number of rotatable bonds is 8. The van der Waals surface area contributed by atoms with E-state index in [4.69, 9.17) is 9.47 Å². The van der Waals surface area contributed by atoms with Crippen molar-refractivity contribution in [1.82, 2.24) is 9.88 Å². The molecule has 0 unspecified atom stereocenters. The number of methoxy groups -OCH3 is 2. The predicted octanol–water partition coefficient (Wildman–Crippen LogP) is 5.24. The van der Waals surface area contributed by atoms with Crippen LogP contribution in [0.5, 0.6) is 5.75 Å². The van der Waals surface area contributed by atoms with Crippen molar-refractivity contribution in [2.75, 3.05) is 26.1 Å². The molecule has 0 fully saturated rings. The molecule has 0 aliphatic rings. The second-order valence-electron chi connectivity index (χ2n) is 7.85. The lowest BCUT2D eigenvalue weighted by Gasteiger charge is -2.24. The van der Waals surface area contributed by atoms with Crippen molar-refractivity contribution < 1.29 is 19.1 Å². The summed E-state index contributed by atoms with van der Waals surface area (Å²) in [5.74, 6) is 0.200. The number of benzene rings is 3. The summed E-state index contributed by atoms with van der Waals surface area (Å²) in [6.07, 6.45) is 2.68. The molecule has 0 bridgehead atoms. The number of hydrogen-bond acceptors (Lipinski definition) is 4. The molecule has 2 N–H and O–H groups in total. The molecule has 1 aromatic heterocycles. The number of esters is 1. The van der Waals surface area contributed by atoms with Crippen LogP contribution in [-0.2, 0) is 17.7 Å². The van der Waals surface area contributed by atoms with Crippen LogP contribution in [0.3, 0.4) is 0 Å². The molecule has 2 amide bonds. The molecule has 174 valence electrons. The van der Waals surface area contributed by atoms with Gasteiger partial charge in [-0.15, -0.1) is 0 Å². The third-order valence-electron chi connectivity index (χ3n) is 5.71. The van der Waals surface area contributed by atoms with E-state index in [2.05, 4.69) is 16.4 Å². The normalized spacial score (nSPS) is 10.6. The maximum Gasteiger partial charge on any atom is 0.337 e. The van der Waals surface area contributed by atoms with Crippen molar-refractivity contribution in [1.29, 1.82) is 0 Å². The molecular weight excluding hydrogens is 430 g/mol. The Kier molecular flexibility index (Phi) is 7.13. The summed E-state index contributed by atoms with van der Waals surface area (Å²) in [4.78, 5) is 30.1. The van der Waals surface area contributed by atoms with Crippen LogP contribution in [0.25, 0.3) is 10.9 Å². The number of hydrogen-bond donors (Lipinski definition) is 2. The molecule has 0 spiro atoms. The molecule has 0 saturated heterocycles. The number of H-pyrrole nitrogens is 1. The van der Waals surface area contributed by atoms with E-state index in [1.807, 2.05) is 48.7 Å². The summed E-state index contributed by atoms with van der Waals surface area (Å²) >= 11 is 0. The fourth-order valence-corrected chi connectivity index (χ4v) is 3.87. The maximum absolute atomic E-state index is 13.3. The fourth-order valence-electron chi connectivity index (χ4n) is 3.87.